The number of hydrogen-bond donors (Lipinski definition) is 1. The maximum atomic E-state index is 13.7. The van der Waals surface area contributed by atoms with Crippen molar-refractivity contribution in [3.8, 4) is 0 Å². The number of rotatable bonds is 73. The molecule has 568 valence electrons. The van der Waals surface area contributed by atoms with Crippen LogP contribution in [0.15, 0.2) is 24.3 Å². The van der Waals surface area contributed by atoms with Crippen molar-refractivity contribution < 1.29 is 34.8 Å². The summed E-state index contributed by atoms with van der Waals surface area (Å²) in [6.07, 6.45) is 50.9. The summed E-state index contributed by atoms with van der Waals surface area (Å²) in [5.74, 6) is 0.764. The maximum absolute atomic E-state index is 13.7. The summed E-state index contributed by atoms with van der Waals surface area (Å²) in [5.41, 5.74) is 0.522. The highest BCUT2D eigenvalue weighted by atomic mass is 28.5. The van der Waals surface area contributed by atoms with Gasteiger partial charge in [-0.2, -0.15) is 0 Å². The Kier molecular flexibility index (Phi) is 58.6. The minimum atomic E-state index is -3.40. The topological polar surface area (TPSA) is 93.7 Å². The molecule has 0 fully saturated rings. The molecule has 2 unspecified atom stereocenters. The zero-order valence-electron chi connectivity index (χ0n) is 67.2. The average Bonchev–Trinajstić information content (AvgIpc) is 0.824. The second kappa shape index (κ2) is 60.0. The summed E-state index contributed by atoms with van der Waals surface area (Å²) in [6, 6.07) is 20.4. The molecule has 1 rings (SSSR count). The number of unbranched alkanes of at least 4 members (excludes halogenated alkanes) is 27. The van der Waals surface area contributed by atoms with Crippen molar-refractivity contribution in [2.24, 2.45) is 11.3 Å². The van der Waals surface area contributed by atoms with Crippen molar-refractivity contribution in [2.45, 2.75) is 440 Å². The second-order valence-corrected chi connectivity index (χ2v) is 51.0. The predicted molar refractivity (Wildman–Crippen MR) is 437 cm³/mol. The lowest BCUT2D eigenvalue weighted by molar-refractivity contribution is -0.125. The van der Waals surface area contributed by atoms with E-state index >= 15 is 0 Å². The molecule has 0 saturated carbocycles. The molecule has 0 aromatic heterocycles. The van der Waals surface area contributed by atoms with Crippen LogP contribution in [0.3, 0.4) is 0 Å². The van der Waals surface area contributed by atoms with E-state index in [4.69, 9.17) is 30.0 Å². The van der Waals surface area contributed by atoms with Crippen molar-refractivity contribution in [1.29, 1.82) is 0 Å². The van der Waals surface area contributed by atoms with Crippen molar-refractivity contribution >= 4 is 69.1 Å². The zero-order chi connectivity index (χ0) is 70.8. The molecule has 0 aliphatic rings. The minimum Gasteiger partial charge on any atom is -0.456 e. The molecule has 1 aromatic carbocycles. The Hall–Kier alpha value is -0.289. The standard InChI is InChI=1S/C81H167NO8Si6/c1-16-29-35-40-45-46-51-56-77(14)76-94(70-26-11,71-27-12)90-96(86-64-54-49-43-38-32-19-4,87-65-55-50-44-39-33-20-5)75-73-93(68-24-9,69-25-10)89-95(84-62-52-47-41-36-30-17-2,85-63-53-48-42-37-31-18-3)74-72-92(66-22-7,67-23-8)88-91-79-59-57-78(58-60-79)82-80(83)81(15,28-13)61-34-21-6/h57-60,77H,16-56,61-76,91H2,1-15H3,(H,82,83). The molecule has 0 heterocycles. The van der Waals surface area contributed by atoms with Crippen LogP contribution in [0, 0.1) is 11.3 Å². The maximum Gasteiger partial charge on any atom is 0.490 e. The number of anilines is 1. The molecular weight excluding hydrogens is 1280 g/mol. The van der Waals surface area contributed by atoms with Gasteiger partial charge in [0, 0.05) is 49.6 Å². The Morgan fingerprint density at radius 3 is 1.07 bits per heavy atom. The van der Waals surface area contributed by atoms with Gasteiger partial charge < -0.3 is 35.4 Å². The van der Waals surface area contributed by atoms with E-state index in [1.807, 2.05) is 0 Å². The first-order chi connectivity index (χ1) is 46.6. The lowest BCUT2D eigenvalue weighted by Crippen LogP contribution is -2.60. The Labute approximate surface area is 607 Å². The highest BCUT2D eigenvalue weighted by Gasteiger charge is 2.55. The monoisotopic (exact) mass is 1450 g/mol. The SMILES string of the molecule is CCCCCCCCCC(C)C[Si](CCC)(CCC)O[Si](CC[Si](CCC)(CCC)O[Si](CC[Si](CCC)(CCC)O[SiH2]c1ccc(NC(=O)C(C)(CC)CCCC)cc1)(OCCCCCCCC)OCCCCCCCC)(OCCCCCCCC)OCCCCCCCC. The molecule has 0 saturated heterocycles. The number of amides is 1. The summed E-state index contributed by atoms with van der Waals surface area (Å²) >= 11 is 0. The molecule has 96 heavy (non-hydrogen) atoms. The molecule has 2 atom stereocenters. The molecule has 9 nitrogen and oxygen atoms in total. The van der Waals surface area contributed by atoms with Gasteiger partial charge in [0.05, 0.1) is 0 Å². The van der Waals surface area contributed by atoms with E-state index in [0.29, 0.717) is 19.1 Å². The second-order valence-electron chi connectivity index (χ2n) is 30.8. The fraction of sp³-hybridized carbons (Fsp3) is 0.914. The third-order valence-corrected chi connectivity index (χ3v) is 48.5. The summed E-state index contributed by atoms with van der Waals surface area (Å²) in [6.45, 7) is 38.0. The average molecular weight is 1450 g/mol. The number of benzene rings is 1. The van der Waals surface area contributed by atoms with Gasteiger partial charge in [-0.1, -0.05) is 347 Å². The van der Waals surface area contributed by atoms with E-state index in [1.165, 1.54) is 203 Å². The molecule has 0 spiro atoms. The molecule has 1 amide bonds. The lowest BCUT2D eigenvalue weighted by Gasteiger charge is -2.45. The van der Waals surface area contributed by atoms with Gasteiger partial charge in [0.15, 0.2) is 34.7 Å². The third-order valence-electron chi connectivity index (χ3n) is 21.2. The summed E-state index contributed by atoms with van der Waals surface area (Å²) in [5, 5.41) is 4.61. The van der Waals surface area contributed by atoms with Crippen LogP contribution < -0.4 is 10.5 Å². The van der Waals surface area contributed by atoms with Gasteiger partial charge in [-0.3, -0.25) is 4.79 Å². The number of carbonyl (C=O) groups excluding carboxylic acids is 1. The first-order valence-corrected chi connectivity index (χ1v) is 55.3. The van der Waals surface area contributed by atoms with E-state index in [1.54, 1.807) is 0 Å². The van der Waals surface area contributed by atoms with Crippen LogP contribution in [-0.4, -0.2) is 84.7 Å². The van der Waals surface area contributed by atoms with E-state index in [0.717, 1.165) is 157 Å². The lowest BCUT2D eigenvalue weighted by atomic mass is 9.81. The summed E-state index contributed by atoms with van der Waals surface area (Å²) in [4.78, 5) is 13.7. The van der Waals surface area contributed by atoms with E-state index < -0.39 is 52.3 Å². The molecule has 15 heteroatoms. The van der Waals surface area contributed by atoms with Crippen molar-refractivity contribution in [2.75, 3.05) is 31.7 Å². The fourth-order valence-electron chi connectivity index (χ4n) is 15.2. The minimum absolute atomic E-state index is 0.134. The van der Waals surface area contributed by atoms with Gasteiger partial charge >= 0.3 is 17.6 Å². The Morgan fingerprint density at radius 1 is 0.385 bits per heavy atom. The van der Waals surface area contributed by atoms with Crippen LogP contribution >= 0.6 is 0 Å². The van der Waals surface area contributed by atoms with Crippen LogP contribution in [0.5, 0.6) is 0 Å². The quantitative estimate of drug-likeness (QED) is 0.0509. The fourth-order valence-corrected chi connectivity index (χ4v) is 46.4. The van der Waals surface area contributed by atoms with Gasteiger partial charge in [-0.25, -0.2) is 0 Å². The van der Waals surface area contributed by atoms with Crippen molar-refractivity contribution in [3.05, 3.63) is 24.3 Å². The van der Waals surface area contributed by atoms with Crippen molar-refractivity contribution in [3.63, 3.8) is 0 Å². The van der Waals surface area contributed by atoms with Gasteiger partial charge in [-0.05, 0) is 116 Å². The predicted octanol–water partition coefficient (Wildman–Crippen LogP) is 26.5. The molecule has 0 aliphatic heterocycles. The highest BCUT2D eigenvalue weighted by Crippen LogP contribution is 2.42. The Balaban J connectivity index is 4.30. The molecule has 1 N–H and O–H groups in total. The van der Waals surface area contributed by atoms with Crippen LogP contribution in [-0.2, 0) is 34.8 Å². The van der Waals surface area contributed by atoms with E-state index in [-0.39, 0.29) is 11.3 Å². The smallest absolute Gasteiger partial charge is 0.456 e. The van der Waals surface area contributed by atoms with Gasteiger partial charge in [-0.15, -0.1) is 0 Å². The molecule has 0 bridgehead atoms. The molecule has 1 aromatic rings. The van der Waals surface area contributed by atoms with Crippen molar-refractivity contribution in [1.82, 2.24) is 0 Å². The third kappa shape index (κ3) is 42.5. The number of carbonyl (C=O) groups is 1. The van der Waals surface area contributed by atoms with E-state index in [2.05, 4.69) is 133 Å². The Bertz CT molecular complexity index is 1850. The highest BCUT2D eigenvalue weighted by molar-refractivity contribution is 6.86. The van der Waals surface area contributed by atoms with Crippen LogP contribution in [0.2, 0.25) is 66.5 Å². The van der Waals surface area contributed by atoms with Crippen LogP contribution in [0.1, 0.15) is 374 Å². The van der Waals surface area contributed by atoms with Crippen LogP contribution in [0.4, 0.5) is 5.69 Å². The normalized spacial score (nSPS) is 13.8. The molecule has 0 radical (unpaired) electrons. The Morgan fingerprint density at radius 2 is 0.708 bits per heavy atom. The number of hydrogen-bond acceptors (Lipinski definition) is 8. The summed E-state index contributed by atoms with van der Waals surface area (Å²) < 4.78 is 55.8. The first-order valence-electron chi connectivity index (χ1n) is 42.6. The first kappa shape index (κ1) is 93.7. The largest absolute Gasteiger partial charge is 0.490 e. The molecular formula is C81H167NO8Si6. The number of nitrogens with one attached hydrogen (secondary N) is 1. The van der Waals surface area contributed by atoms with Gasteiger partial charge in [0.1, 0.15) is 0 Å². The van der Waals surface area contributed by atoms with E-state index in [9.17, 15) is 4.79 Å². The zero-order valence-corrected chi connectivity index (χ0v) is 73.6. The van der Waals surface area contributed by atoms with Gasteiger partial charge in [0.2, 0.25) is 5.91 Å². The molecule has 0 aliphatic carbocycles. The van der Waals surface area contributed by atoms with Gasteiger partial charge in [0.25, 0.3) is 0 Å². The van der Waals surface area contributed by atoms with Crippen LogP contribution in [0.25, 0.3) is 0 Å². The summed E-state index contributed by atoms with van der Waals surface area (Å²) in [7, 11) is -15.3.